The van der Waals surface area contributed by atoms with E-state index in [0.717, 1.165) is 9.54 Å². The highest BCUT2D eigenvalue weighted by Gasteiger charge is 2.06. The molecule has 0 saturated heterocycles. The standard InChI is InChI=1S/C10H9BrS3/c1-13-8-2-6-4-9(12)14-10(6)7(3-8)5-11/h2-4,12H,5H2,1H3. The normalized spacial score (nSPS) is 11.1. The predicted molar refractivity (Wildman–Crippen MR) is 73.5 cm³/mol. The van der Waals surface area contributed by atoms with Crippen molar-refractivity contribution in [1.29, 1.82) is 0 Å². The van der Waals surface area contributed by atoms with Crippen LogP contribution in [0.1, 0.15) is 5.56 Å². The summed E-state index contributed by atoms with van der Waals surface area (Å²) >= 11 is 11.4. The Morgan fingerprint density at radius 2 is 2.21 bits per heavy atom. The zero-order valence-corrected chi connectivity index (χ0v) is 11.7. The molecule has 4 heteroatoms. The summed E-state index contributed by atoms with van der Waals surface area (Å²) in [5.41, 5.74) is 1.36. The van der Waals surface area contributed by atoms with Crippen molar-refractivity contribution >= 4 is 61.7 Å². The van der Waals surface area contributed by atoms with Gasteiger partial charge in [-0.2, -0.15) is 0 Å². The minimum absolute atomic E-state index is 0.908. The van der Waals surface area contributed by atoms with Crippen LogP contribution in [0.3, 0.4) is 0 Å². The van der Waals surface area contributed by atoms with E-state index in [1.165, 1.54) is 20.5 Å². The van der Waals surface area contributed by atoms with Crippen LogP contribution in [0, 0.1) is 0 Å². The fourth-order valence-corrected chi connectivity index (χ4v) is 3.84. The molecule has 0 aliphatic carbocycles. The topological polar surface area (TPSA) is 0 Å². The van der Waals surface area contributed by atoms with Crippen molar-refractivity contribution in [1.82, 2.24) is 0 Å². The van der Waals surface area contributed by atoms with Gasteiger partial charge in [0.15, 0.2) is 0 Å². The number of thioether (sulfide) groups is 1. The number of benzene rings is 1. The molecule has 0 spiro atoms. The van der Waals surface area contributed by atoms with E-state index in [1.54, 1.807) is 23.1 Å². The van der Waals surface area contributed by atoms with Crippen molar-refractivity contribution in [3.8, 4) is 0 Å². The van der Waals surface area contributed by atoms with Gasteiger partial charge in [0.2, 0.25) is 0 Å². The lowest BCUT2D eigenvalue weighted by atomic mass is 10.2. The maximum atomic E-state index is 4.39. The molecule has 0 amide bonds. The first kappa shape index (κ1) is 10.9. The molecule has 2 rings (SSSR count). The van der Waals surface area contributed by atoms with Gasteiger partial charge in [-0.25, -0.2) is 0 Å². The molecule has 0 atom stereocenters. The first-order chi connectivity index (χ1) is 6.74. The second-order valence-electron chi connectivity index (χ2n) is 2.92. The number of hydrogen-bond donors (Lipinski definition) is 1. The van der Waals surface area contributed by atoms with E-state index < -0.39 is 0 Å². The molecule has 1 aromatic heterocycles. The van der Waals surface area contributed by atoms with Crippen molar-refractivity contribution in [3.63, 3.8) is 0 Å². The van der Waals surface area contributed by atoms with Gasteiger partial charge < -0.3 is 0 Å². The van der Waals surface area contributed by atoms with Gasteiger partial charge in [0, 0.05) is 14.9 Å². The van der Waals surface area contributed by atoms with E-state index in [-0.39, 0.29) is 0 Å². The van der Waals surface area contributed by atoms with Crippen LogP contribution in [0.4, 0.5) is 0 Å². The summed E-state index contributed by atoms with van der Waals surface area (Å²) in [5, 5.41) is 2.22. The number of fused-ring (bicyclic) bond motifs is 1. The first-order valence-electron chi connectivity index (χ1n) is 4.10. The number of alkyl halides is 1. The lowest BCUT2D eigenvalue weighted by molar-refractivity contribution is 1.41. The molecule has 0 N–H and O–H groups in total. The van der Waals surface area contributed by atoms with Gasteiger partial charge in [-0.1, -0.05) is 15.9 Å². The van der Waals surface area contributed by atoms with Crippen molar-refractivity contribution < 1.29 is 0 Å². The fourth-order valence-electron chi connectivity index (χ4n) is 1.40. The third-order valence-corrected chi connectivity index (χ3v) is 4.78. The Morgan fingerprint density at radius 1 is 1.43 bits per heavy atom. The summed E-state index contributed by atoms with van der Waals surface area (Å²) in [6.07, 6.45) is 2.10. The maximum Gasteiger partial charge on any atom is 0.0580 e. The lowest BCUT2D eigenvalue weighted by Gasteiger charge is -2.01. The Bertz CT molecular complexity index is 462. The summed E-state index contributed by atoms with van der Waals surface area (Å²) in [6.45, 7) is 0. The molecule has 2 aromatic rings. The lowest BCUT2D eigenvalue weighted by Crippen LogP contribution is -1.79. The third-order valence-electron chi connectivity index (χ3n) is 2.03. The fraction of sp³-hybridized carbons (Fsp3) is 0.200. The Hall–Kier alpha value is 0.360. The van der Waals surface area contributed by atoms with Crippen molar-refractivity contribution in [2.75, 3.05) is 6.26 Å². The van der Waals surface area contributed by atoms with Crippen molar-refractivity contribution in [2.45, 2.75) is 14.4 Å². The highest BCUT2D eigenvalue weighted by atomic mass is 79.9. The molecule has 0 aliphatic rings. The number of thiol groups is 1. The van der Waals surface area contributed by atoms with Crippen LogP contribution >= 0.6 is 51.7 Å². The van der Waals surface area contributed by atoms with Crippen LogP contribution in [-0.4, -0.2) is 6.26 Å². The van der Waals surface area contributed by atoms with Gasteiger partial charge in [-0.3, -0.25) is 0 Å². The van der Waals surface area contributed by atoms with Gasteiger partial charge in [-0.15, -0.1) is 35.7 Å². The van der Waals surface area contributed by atoms with Crippen molar-refractivity contribution in [3.05, 3.63) is 23.8 Å². The molecule has 1 aromatic carbocycles. The second kappa shape index (κ2) is 4.47. The van der Waals surface area contributed by atoms with E-state index >= 15 is 0 Å². The largest absolute Gasteiger partial charge is 0.133 e. The van der Waals surface area contributed by atoms with E-state index in [9.17, 15) is 0 Å². The SMILES string of the molecule is CSc1cc(CBr)c2sc(S)cc2c1. The van der Waals surface area contributed by atoms with Gasteiger partial charge in [0.25, 0.3) is 0 Å². The second-order valence-corrected chi connectivity index (χ2v) is 6.20. The number of halogens is 1. The molecule has 0 bridgehead atoms. The van der Waals surface area contributed by atoms with Crippen LogP contribution in [0.2, 0.25) is 0 Å². The average Bonchev–Trinajstić information content (AvgIpc) is 2.56. The van der Waals surface area contributed by atoms with E-state index in [2.05, 4.69) is 53.0 Å². The smallest absolute Gasteiger partial charge is 0.0580 e. The van der Waals surface area contributed by atoms with Crippen LogP contribution in [-0.2, 0) is 5.33 Å². The zero-order chi connectivity index (χ0) is 10.1. The molecule has 0 unspecified atom stereocenters. The Morgan fingerprint density at radius 3 is 2.86 bits per heavy atom. The van der Waals surface area contributed by atoms with Gasteiger partial charge >= 0.3 is 0 Å². The molecule has 74 valence electrons. The van der Waals surface area contributed by atoms with Crippen molar-refractivity contribution in [2.24, 2.45) is 0 Å². The number of hydrogen-bond acceptors (Lipinski definition) is 3. The molecule has 14 heavy (non-hydrogen) atoms. The first-order valence-corrected chi connectivity index (χ1v) is 7.71. The van der Waals surface area contributed by atoms with Gasteiger partial charge in [0.05, 0.1) is 4.21 Å². The average molecular weight is 305 g/mol. The number of thiophene rings is 1. The Labute approximate surface area is 106 Å². The van der Waals surface area contributed by atoms with Crippen LogP contribution < -0.4 is 0 Å². The summed E-state index contributed by atoms with van der Waals surface area (Å²) in [7, 11) is 0. The molecule has 0 aliphatic heterocycles. The number of rotatable bonds is 2. The molecule has 0 fully saturated rings. The monoisotopic (exact) mass is 304 g/mol. The van der Waals surface area contributed by atoms with E-state index in [0.29, 0.717) is 0 Å². The summed E-state index contributed by atoms with van der Waals surface area (Å²) < 4.78 is 2.44. The molecule has 1 heterocycles. The highest BCUT2D eigenvalue weighted by molar-refractivity contribution is 9.08. The third kappa shape index (κ3) is 1.98. The minimum Gasteiger partial charge on any atom is -0.133 e. The maximum absolute atomic E-state index is 4.39. The predicted octanol–water partition coefficient (Wildman–Crippen LogP) is 4.81. The molecular weight excluding hydrogens is 296 g/mol. The van der Waals surface area contributed by atoms with Crippen LogP contribution in [0.5, 0.6) is 0 Å². The molecular formula is C10H9BrS3. The summed E-state index contributed by atoms with van der Waals surface area (Å²) in [4.78, 5) is 1.32. The van der Waals surface area contributed by atoms with E-state index in [1.807, 2.05) is 0 Å². The zero-order valence-electron chi connectivity index (χ0n) is 7.58. The van der Waals surface area contributed by atoms with Crippen LogP contribution in [0.25, 0.3) is 10.1 Å². The Kier molecular flexibility index (Phi) is 3.47. The molecule has 0 radical (unpaired) electrons. The Balaban J connectivity index is 2.72. The summed E-state index contributed by atoms with van der Waals surface area (Å²) in [6, 6.07) is 6.60. The van der Waals surface area contributed by atoms with Gasteiger partial charge in [0.1, 0.15) is 0 Å². The molecule has 0 nitrogen and oxygen atoms in total. The van der Waals surface area contributed by atoms with Gasteiger partial charge in [-0.05, 0) is 35.4 Å². The molecule has 0 saturated carbocycles. The highest BCUT2D eigenvalue weighted by Crippen LogP contribution is 2.35. The quantitative estimate of drug-likeness (QED) is 0.472. The van der Waals surface area contributed by atoms with Crippen LogP contribution in [0.15, 0.2) is 27.3 Å². The minimum atomic E-state index is 0.908. The summed E-state index contributed by atoms with van der Waals surface area (Å²) in [5.74, 6) is 0. The van der Waals surface area contributed by atoms with E-state index in [4.69, 9.17) is 0 Å².